The molecule has 0 aromatic carbocycles. The quantitative estimate of drug-likeness (QED) is 0.754. The van der Waals surface area contributed by atoms with E-state index in [0.29, 0.717) is 0 Å². The molecule has 5 nitrogen and oxygen atoms in total. The first-order chi connectivity index (χ1) is 7.99. The number of nitrogens with zero attached hydrogens (tertiary/aromatic N) is 2. The minimum atomic E-state index is -0.413. The molecule has 2 unspecified atom stereocenters. The fourth-order valence-electron chi connectivity index (χ4n) is 2.52. The number of likely N-dealkylation sites (tertiary alicyclic amines) is 1. The number of H-pyrrole nitrogens is 1. The number of nitrogens with one attached hydrogen (secondary N) is 1. The summed E-state index contributed by atoms with van der Waals surface area (Å²) in [5, 5.41) is 0.0943. The molecule has 0 saturated carbocycles. The number of rotatable bonds is 1. The van der Waals surface area contributed by atoms with Crippen LogP contribution < -0.4 is 11.2 Å². The summed E-state index contributed by atoms with van der Waals surface area (Å²) < 4.78 is 1.30. The maximum Gasteiger partial charge on any atom is 0.329 e. The monoisotopic (exact) mass is 257 g/mol. The first-order valence-corrected chi connectivity index (χ1v) is 6.06. The molecular formula is C11H16ClN3O2. The van der Waals surface area contributed by atoms with Crippen LogP contribution in [0.4, 0.5) is 0 Å². The molecular weight excluding hydrogens is 242 g/mol. The molecule has 0 bridgehead atoms. The van der Waals surface area contributed by atoms with E-state index in [0.717, 1.165) is 19.5 Å². The maximum absolute atomic E-state index is 11.8. The molecule has 2 rings (SSSR count). The molecule has 1 N–H and O–H groups in total. The van der Waals surface area contributed by atoms with Crippen molar-refractivity contribution >= 4 is 11.6 Å². The highest BCUT2D eigenvalue weighted by Crippen LogP contribution is 2.24. The van der Waals surface area contributed by atoms with Crippen molar-refractivity contribution < 1.29 is 0 Å². The largest absolute Gasteiger partial charge is 0.329 e. The van der Waals surface area contributed by atoms with Crippen LogP contribution in [-0.4, -0.2) is 34.6 Å². The van der Waals surface area contributed by atoms with Gasteiger partial charge < -0.3 is 4.90 Å². The third kappa shape index (κ3) is 2.45. The normalized spacial score (nSPS) is 26.1. The maximum atomic E-state index is 11.8. The van der Waals surface area contributed by atoms with E-state index in [1.807, 2.05) is 7.05 Å². The molecule has 0 spiro atoms. The van der Waals surface area contributed by atoms with E-state index < -0.39 is 5.69 Å². The molecule has 1 fully saturated rings. The van der Waals surface area contributed by atoms with E-state index in [9.17, 15) is 9.59 Å². The van der Waals surface area contributed by atoms with Crippen LogP contribution in [0.5, 0.6) is 0 Å². The molecule has 0 radical (unpaired) electrons. The number of piperidine rings is 1. The van der Waals surface area contributed by atoms with Gasteiger partial charge >= 0.3 is 5.69 Å². The minimum Gasteiger partial charge on any atom is -0.306 e. The van der Waals surface area contributed by atoms with Crippen molar-refractivity contribution in [3.8, 4) is 0 Å². The van der Waals surface area contributed by atoms with E-state index in [1.165, 1.54) is 10.6 Å². The Morgan fingerprint density at radius 3 is 2.76 bits per heavy atom. The van der Waals surface area contributed by atoms with Crippen LogP contribution in [0.25, 0.3) is 0 Å². The zero-order valence-electron chi connectivity index (χ0n) is 9.94. The van der Waals surface area contributed by atoms with Gasteiger partial charge in [-0.2, -0.15) is 0 Å². The average molecular weight is 258 g/mol. The molecule has 2 heterocycles. The third-order valence-corrected chi connectivity index (χ3v) is 3.53. The topological polar surface area (TPSA) is 58.1 Å². The van der Waals surface area contributed by atoms with Crippen molar-refractivity contribution in [2.45, 2.75) is 19.4 Å². The standard InChI is InChI=1S/C11H16ClN3O2/c1-7-6-14(2)4-3-8(7)15-10(16)5-9(12)13-11(15)17/h5,7-8H,3-4,6H2,1-2H3,(H,13,17). The Hall–Kier alpha value is -1.07. The first-order valence-electron chi connectivity index (χ1n) is 5.69. The zero-order chi connectivity index (χ0) is 12.6. The van der Waals surface area contributed by atoms with Gasteiger partial charge in [-0.15, -0.1) is 0 Å². The van der Waals surface area contributed by atoms with E-state index in [1.54, 1.807) is 0 Å². The molecule has 17 heavy (non-hydrogen) atoms. The lowest BCUT2D eigenvalue weighted by Crippen LogP contribution is -2.46. The Labute approximate surface area is 104 Å². The number of hydrogen-bond acceptors (Lipinski definition) is 3. The summed E-state index contributed by atoms with van der Waals surface area (Å²) in [6.45, 7) is 3.84. The molecule has 0 aliphatic carbocycles. The summed E-state index contributed by atoms with van der Waals surface area (Å²) in [5.41, 5.74) is -0.732. The van der Waals surface area contributed by atoms with Crippen LogP contribution in [0.15, 0.2) is 15.7 Å². The average Bonchev–Trinajstić information content (AvgIpc) is 2.19. The van der Waals surface area contributed by atoms with Gasteiger partial charge in [0, 0.05) is 18.7 Å². The number of halogens is 1. The molecule has 6 heteroatoms. The lowest BCUT2D eigenvalue weighted by atomic mass is 9.94. The van der Waals surface area contributed by atoms with E-state index in [2.05, 4.69) is 16.8 Å². The molecule has 1 aromatic heterocycles. The van der Waals surface area contributed by atoms with Gasteiger partial charge in [0.1, 0.15) is 5.15 Å². The number of aromatic nitrogens is 2. The molecule has 1 aromatic rings. The summed E-state index contributed by atoms with van der Waals surface area (Å²) in [6.07, 6.45) is 0.808. The van der Waals surface area contributed by atoms with E-state index >= 15 is 0 Å². The van der Waals surface area contributed by atoms with Gasteiger partial charge in [0.15, 0.2) is 0 Å². The van der Waals surface area contributed by atoms with Crippen molar-refractivity contribution in [2.75, 3.05) is 20.1 Å². The highest BCUT2D eigenvalue weighted by atomic mass is 35.5. The highest BCUT2D eigenvalue weighted by molar-refractivity contribution is 6.29. The van der Waals surface area contributed by atoms with Crippen LogP contribution in [0.3, 0.4) is 0 Å². The Morgan fingerprint density at radius 1 is 1.47 bits per heavy atom. The van der Waals surface area contributed by atoms with Gasteiger partial charge in [-0.3, -0.25) is 14.3 Å². The lowest BCUT2D eigenvalue weighted by Gasteiger charge is -2.35. The van der Waals surface area contributed by atoms with Gasteiger partial charge in [-0.05, 0) is 25.9 Å². The highest BCUT2D eigenvalue weighted by Gasteiger charge is 2.27. The minimum absolute atomic E-state index is 0.0419. The smallest absolute Gasteiger partial charge is 0.306 e. The van der Waals surface area contributed by atoms with E-state index in [-0.39, 0.29) is 22.7 Å². The third-order valence-electron chi connectivity index (χ3n) is 3.33. The van der Waals surface area contributed by atoms with Crippen LogP contribution >= 0.6 is 11.6 Å². The fourth-order valence-corrected chi connectivity index (χ4v) is 2.69. The molecule has 1 saturated heterocycles. The fraction of sp³-hybridized carbons (Fsp3) is 0.636. The van der Waals surface area contributed by atoms with Crippen LogP contribution in [-0.2, 0) is 0 Å². The molecule has 1 aliphatic heterocycles. The Bertz CT molecular complexity index is 491. The van der Waals surface area contributed by atoms with Gasteiger partial charge in [0.2, 0.25) is 0 Å². The Kier molecular flexibility index (Phi) is 3.40. The van der Waals surface area contributed by atoms with Crippen molar-refractivity contribution in [3.63, 3.8) is 0 Å². The predicted molar refractivity (Wildman–Crippen MR) is 66.6 cm³/mol. The van der Waals surface area contributed by atoms with Crippen molar-refractivity contribution in [1.82, 2.24) is 14.5 Å². The van der Waals surface area contributed by atoms with Gasteiger partial charge in [-0.1, -0.05) is 18.5 Å². The molecule has 0 amide bonds. The van der Waals surface area contributed by atoms with Gasteiger partial charge in [0.05, 0.1) is 0 Å². The predicted octanol–water partition coefficient (Wildman–Crippen LogP) is 0.703. The van der Waals surface area contributed by atoms with Crippen molar-refractivity contribution in [2.24, 2.45) is 5.92 Å². The second-order valence-corrected chi connectivity index (χ2v) is 5.13. The summed E-state index contributed by atoms with van der Waals surface area (Å²) in [6, 6.07) is 1.22. The second kappa shape index (κ2) is 4.66. The zero-order valence-corrected chi connectivity index (χ0v) is 10.7. The molecule has 94 valence electrons. The molecule has 2 atom stereocenters. The summed E-state index contributed by atoms with van der Waals surface area (Å²) in [4.78, 5) is 28.3. The van der Waals surface area contributed by atoms with Gasteiger partial charge in [-0.25, -0.2) is 4.79 Å². The van der Waals surface area contributed by atoms with Crippen LogP contribution in [0.2, 0.25) is 5.15 Å². The van der Waals surface area contributed by atoms with Crippen LogP contribution in [0, 0.1) is 5.92 Å². The Morgan fingerprint density at radius 2 is 2.18 bits per heavy atom. The summed E-state index contributed by atoms with van der Waals surface area (Å²) in [7, 11) is 2.04. The summed E-state index contributed by atoms with van der Waals surface area (Å²) >= 11 is 5.64. The van der Waals surface area contributed by atoms with Crippen molar-refractivity contribution in [1.29, 1.82) is 0 Å². The SMILES string of the molecule is CC1CN(C)CCC1n1c(=O)cc(Cl)[nH]c1=O. The van der Waals surface area contributed by atoms with Gasteiger partial charge in [0.25, 0.3) is 5.56 Å². The first kappa shape index (κ1) is 12.4. The summed E-state index contributed by atoms with van der Waals surface area (Å²) in [5.74, 6) is 0.272. The molecule has 1 aliphatic rings. The van der Waals surface area contributed by atoms with Crippen LogP contribution in [0.1, 0.15) is 19.4 Å². The lowest BCUT2D eigenvalue weighted by molar-refractivity contribution is 0.153. The van der Waals surface area contributed by atoms with E-state index in [4.69, 9.17) is 11.6 Å². The second-order valence-electron chi connectivity index (χ2n) is 4.73. The number of aromatic amines is 1. The Balaban J connectivity index is 2.41. The van der Waals surface area contributed by atoms with Crippen molar-refractivity contribution in [3.05, 3.63) is 32.1 Å². The number of hydrogen-bond donors (Lipinski definition) is 1.